The Morgan fingerprint density at radius 1 is 0.955 bits per heavy atom. The van der Waals surface area contributed by atoms with Gasteiger partial charge in [-0.1, -0.05) is 31.4 Å². The number of carbonyl (C=O) groups excluding carboxylic acids is 2. The van der Waals surface area contributed by atoms with E-state index in [2.05, 4.69) is 6.92 Å². The minimum absolute atomic E-state index is 0.155. The van der Waals surface area contributed by atoms with E-state index in [4.69, 9.17) is 21.1 Å². The van der Waals surface area contributed by atoms with Crippen LogP contribution in [-0.2, 0) is 14.3 Å². The lowest BCUT2D eigenvalue weighted by atomic mass is 10.1. The molecule has 0 fully saturated rings. The van der Waals surface area contributed by atoms with E-state index in [-0.39, 0.29) is 11.9 Å². The topological polar surface area (TPSA) is 52.6 Å². The second-order valence-electron chi connectivity index (χ2n) is 5.06. The second-order valence-corrected chi connectivity index (χ2v) is 5.50. The normalized spacial score (nSPS) is 10.3. The summed E-state index contributed by atoms with van der Waals surface area (Å²) in [4.78, 5) is 23.0. The van der Waals surface area contributed by atoms with E-state index in [9.17, 15) is 9.59 Å². The van der Waals surface area contributed by atoms with Gasteiger partial charge < -0.3 is 9.47 Å². The molecule has 1 aromatic carbocycles. The van der Waals surface area contributed by atoms with Crippen molar-refractivity contribution in [2.75, 3.05) is 6.61 Å². The van der Waals surface area contributed by atoms with Crippen molar-refractivity contribution in [2.45, 2.75) is 51.9 Å². The minimum Gasteiger partial charge on any atom is -0.466 e. The SMILES string of the molecule is CCCCOC(=O)CCCCCC(=O)Oc1ccc(Cl)cc1. The lowest BCUT2D eigenvalue weighted by Crippen LogP contribution is -2.08. The molecule has 0 atom stereocenters. The van der Waals surface area contributed by atoms with Gasteiger partial charge in [0.2, 0.25) is 0 Å². The number of carbonyl (C=O) groups is 2. The molecule has 5 heteroatoms. The van der Waals surface area contributed by atoms with Crippen LogP contribution in [0.5, 0.6) is 5.75 Å². The van der Waals surface area contributed by atoms with Crippen LogP contribution in [0.15, 0.2) is 24.3 Å². The van der Waals surface area contributed by atoms with Crippen molar-refractivity contribution >= 4 is 23.5 Å². The summed E-state index contributed by atoms with van der Waals surface area (Å²) in [5.41, 5.74) is 0. The predicted octanol–water partition coefficient (Wildman–Crippen LogP) is 4.54. The monoisotopic (exact) mass is 326 g/mol. The van der Waals surface area contributed by atoms with Crippen LogP contribution in [0.4, 0.5) is 0 Å². The molecule has 1 rings (SSSR count). The summed E-state index contributed by atoms with van der Waals surface area (Å²) in [5.74, 6) is 0.0685. The summed E-state index contributed by atoms with van der Waals surface area (Å²) in [5, 5.41) is 0.602. The zero-order valence-electron chi connectivity index (χ0n) is 13.0. The molecule has 1 aromatic rings. The molecule has 0 aliphatic carbocycles. The molecule has 0 N–H and O–H groups in total. The summed E-state index contributed by atoms with van der Waals surface area (Å²) in [7, 11) is 0. The highest BCUT2D eigenvalue weighted by molar-refractivity contribution is 6.30. The van der Waals surface area contributed by atoms with Gasteiger partial charge in [0.15, 0.2) is 0 Å². The Morgan fingerprint density at radius 3 is 2.23 bits per heavy atom. The van der Waals surface area contributed by atoms with E-state index < -0.39 is 0 Å². The van der Waals surface area contributed by atoms with Crippen LogP contribution in [0.2, 0.25) is 5.02 Å². The summed E-state index contributed by atoms with van der Waals surface area (Å²) >= 11 is 5.75. The number of hydrogen-bond donors (Lipinski definition) is 0. The lowest BCUT2D eigenvalue weighted by Gasteiger charge is -2.05. The van der Waals surface area contributed by atoms with Crippen molar-refractivity contribution in [3.8, 4) is 5.75 Å². The van der Waals surface area contributed by atoms with Gasteiger partial charge >= 0.3 is 11.9 Å². The third kappa shape index (κ3) is 8.67. The smallest absolute Gasteiger partial charge is 0.311 e. The summed E-state index contributed by atoms with van der Waals surface area (Å²) in [6.45, 7) is 2.56. The molecular formula is C17H23ClO4. The Morgan fingerprint density at radius 2 is 1.59 bits per heavy atom. The van der Waals surface area contributed by atoms with Gasteiger partial charge in [-0.15, -0.1) is 0 Å². The van der Waals surface area contributed by atoms with Crippen molar-refractivity contribution in [1.29, 1.82) is 0 Å². The minimum atomic E-state index is -0.271. The molecule has 0 spiro atoms. The molecule has 0 bridgehead atoms. The maximum Gasteiger partial charge on any atom is 0.311 e. The van der Waals surface area contributed by atoms with Gasteiger partial charge in [0, 0.05) is 17.9 Å². The Kier molecular flexibility index (Phi) is 9.31. The number of esters is 2. The molecule has 0 radical (unpaired) electrons. The largest absolute Gasteiger partial charge is 0.466 e. The average Bonchev–Trinajstić information content (AvgIpc) is 2.49. The van der Waals surface area contributed by atoms with Gasteiger partial charge in [0.1, 0.15) is 5.75 Å². The van der Waals surface area contributed by atoms with E-state index in [1.165, 1.54) is 0 Å². The van der Waals surface area contributed by atoms with Gasteiger partial charge in [0.05, 0.1) is 6.61 Å². The molecule has 0 unspecified atom stereocenters. The van der Waals surface area contributed by atoms with Crippen LogP contribution in [0.3, 0.4) is 0 Å². The summed E-state index contributed by atoms with van der Waals surface area (Å²) < 4.78 is 10.2. The number of halogens is 1. The number of benzene rings is 1. The highest BCUT2D eigenvalue weighted by Crippen LogP contribution is 2.16. The number of hydrogen-bond acceptors (Lipinski definition) is 4. The first-order chi connectivity index (χ1) is 10.6. The zero-order valence-corrected chi connectivity index (χ0v) is 13.7. The quantitative estimate of drug-likeness (QED) is 0.360. The Bertz CT molecular complexity index is 456. The van der Waals surface area contributed by atoms with Crippen molar-refractivity contribution < 1.29 is 19.1 Å². The summed E-state index contributed by atoms with van der Waals surface area (Å²) in [6, 6.07) is 6.67. The van der Waals surface area contributed by atoms with E-state index in [1.54, 1.807) is 24.3 Å². The fourth-order valence-electron chi connectivity index (χ4n) is 1.80. The van der Waals surface area contributed by atoms with E-state index >= 15 is 0 Å². The Balaban J connectivity index is 2.05. The molecule has 0 saturated carbocycles. The van der Waals surface area contributed by atoms with Crippen LogP contribution in [-0.4, -0.2) is 18.5 Å². The van der Waals surface area contributed by atoms with E-state index in [0.717, 1.165) is 25.7 Å². The Labute approximate surface area is 136 Å². The fraction of sp³-hybridized carbons (Fsp3) is 0.529. The van der Waals surface area contributed by atoms with Crippen molar-refractivity contribution in [3.63, 3.8) is 0 Å². The van der Waals surface area contributed by atoms with Crippen molar-refractivity contribution in [3.05, 3.63) is 29.3 Å². The molecule has 4 nitrogen and oxygen atoms in total. The molecular weight excluding hydrogens is 304 g/mol. The molecule has 0 aliphatic rings. The van der Waals surface area contributed by atoms with Gasteiger partial charge in [-0.25, -0.2) is 0 Å². The molecule has 0 heterocycles. The van der Waals surface area contributed by atoms with Crippen LogP contribution in [0.1, 0.15) is 51.9 Å². The first kappa shape index (κ1) is 18.5. The number of unbranched alkanes of at least 4 members (excludes halogenated alkanes) is 3. The maximum absolute atomic E-state index is 11.6. The third-order valence-electron chi connectivity index (χ3n) is 3.07. The van der Waals surface area contributed by atoms with Crippen LogP contribution in [0, 0.1) is 0 Å². The lowest BCUT2D eigenvalue weighted by molar-refractivity contribution is -0.143. The zero-order chi connectivity index (χ0) is 16.2. The average molecular weight is 327 g/mol. The first-order valence-electron chi connectivity index (χ1n) is 7.73. The van der Waals surface area contributed by atoms with Gasteiger partial charge in [-0.05, 0) is 43.5 Å². The van der Waals surface area contributed by atoms with Crippen LogP contribution in [0.25, 0.3) is 0 Å². The fourth-order valence-corrected chi connectivity index (χ4v) is 1.93. The van der Waals surface area contributed by atoms with Crippen molar-refractivity contribution in [2.24, 2.45) is 0 Å². The Hall–Kier alpha value is -1.55. The number of ether oxygens (including phenoxy) is 2. The molecule has 0 saturated heterocycles. The van der Waals surface area contributed by atoms with E-state index in [0.29, 0.717) is 36.6 Å². The van der Waals surface area contributed by atoms with E-state index in [1.807, 2.05) is 0 Å². The van der Waals surface area contributed by atoms with Gasteiger partial charge in [-0.2, -0.15) is 0 Å². The maximum atomic E-state index is 11.6. The predicted molar refractivity (Wildman–Crippen MR) is 86.0 cm³/mol. The van der Waals surface area contributed by atoms with Crippen LogP contribution >= 0.6 is 11.6 Å². The molecule has 0 amide bonds. The number of rotatable bonds is 10. The molecule has 122 valence electrons. The van der Waals surface area contributed by atoms with Crippen molar-refractivity contribution in [1.82, 2.24) is 0 Å². The second kappa shape index (κ2) is 11.1. The highest BCUT2D eigenvalue weighted by Gasteiger charge is 2.06. The standard InChI is InChI=1S/C17H23ClO4/c1-2-3-13-21-16(19)7-5-4-6-8-17(20)22-15-11-9-14(18)10-12-15/h9-12H,2-8,13H2,1H3. The van der Waals surface area contributed by atoms with Gasteiger partial charge in [0.25, 0.3) is 0 Å². The van der Waals surface area contributed by atoms with Crippen LogP contribution < -0.4 is 4.74 Å². The molecule has 0 aromatic heterocycles. The molecule has 0 aliphatic heterocycles. The third-order valence-corrected chi connectivity index (χ3v) is 3.32. The molecule has 22 heavy (non-hydrogen) atoms. The highest BCUT2D eigenvalue weighted by atomic mass is 35.5. The summed E-state index contributed by atoms with van der Waals surface area (Å²) in [6.07, 6.45) is 4.92. The first-order valence-corrected chi connectivity index (χ1v) is 8.11. The van der Waals surface area contributed by atoms with Gasteiger partial charge in [-0.3, -0.25) is 9.59 Å².